The third-order valence-electron chi connectivity index (χ3n) is 3.54. The van der Waals surface area contributed by atoms with E-state index in [1.54, 1.807) is 18.2 Å². The zero-order valence-corrected chi connectivity index (χ0v) is 10.4. The van der Waals surface area contributed by atoms with Gasteiger partial charge in [-0.15, -0.1) is 0 Å². The van der Waals surface area contributed by atoms with E-state index in [9.17, 15) is 8.78 Å². The number of hydrogen-bond acceptors (Lipinski definition) is 2. The van der Waals surface area contributed by atoms with Crippen molar-refractivity contribution in [2.24, 2.45) is 0 Å². The first kappa shape index (κ1) is 12.0. The molecule has 0 saturated heterocycles. The highest BCUT2D eigenvalue weighted by atomic mass is 19.1. The number of anilines is 2. The topological polar surface area (TPSA) is 29.3 Å². The summed E-state index contributed by atoms with van der Waals surface area (Å²) in [5.74, 6) is -0.586. The van der Waals surface area contributed by atoms with Gasteiger partial charge < -0.3 is 10.6 Å². The summed E-state index contributed by atoms with van der Waals surface area (Å²) < 4.78 is 27.1. The minimum Gasteiger partial charge on any atom is -0.398 e. The quantitative estimate of drug-likeness (QED) is 0.841. The fourth-order valence-electron chi connectivity index (χ4n) is 2.52. The maximum atomic E-state index is 13.8. The standard InChI is InChI=1S/C15H14F2N2/c16-11-5-4-10-6-7-19(15(10)8-11)9-12-13(17)2-1-3-14(12)18/h1-5,8H,6-7,9,18H2. The van der Waals surface area contributed by atoms with Crippen LogP contribution in [0.3, 0.4) is 0 Å². The Hall–Kier alpha value is -2.10. The molecular weight excluding hydrogens is 246 g/mol. The molecule has 2 N–H and O–H groups in total. The van der Waals surface area contributed by atoms with E-state index in [2.05, 4.69) is 0 Å². The number of nitrogens with two attached hydrogens (primary N) is 1. The highest BCUT2D eigenvalue weighted by Gasteiger charge is 2.21. The van der Waals surface area contributed by atoms with Crippen molar-refractivity contribution in [2.75, 3.05) is 17.2 Å². The fourth-order valence-corrected chi connectivity index (χ4v) is 2.52. The first-order valence-electron chi connectivity index (χ1n) is 6.21. The Balaban J connectivity index is 1.93. The molecule has 0 radical (unpaired) electrons. The SMILES string of the molecule is Nc1cccc(F)c1CN1CCc2ccc(F)cc21. The van der Waals surface area contributed by atoms with E-state index in [0.717, 1.165) is 24.2 Å². The molecule has 0 aromatic heterocycles. The molecular formula is C15H14F2N2. The van der Waals surface area contributed by atoms with Crippen molar-refractivity contribution >= 4 is 11.4 Å². The number of hydrogen-bond donors (Lipinski definition) is 1. The van der Waals surface area contributed by atoms with Crippen LogP contribution in [0, 0.1) is 11.6 Å². The smallest absolute Gasteiger partial charge is 0.130 e. The lowest BCUT2D eigenvalue weighted by Crippen LogP contribution is -2.21. The first-order valence-corrected chi connectivity index (χ1v) is 6.21. The van der Waals surface area contributed by atoms with Crippen molar-refractivity contribution in [3.05, 3.63) is 59.2 Å². The monoisotopic (exact) mass is 260 g/mol. The molecule has 0 fully saturated rings. The lowest BCUT2D eigenvalue weighted by atomic mass is 10.1. The van der Waals surface area contributed by atoms with Crippen LogP contribution in [0.1, 0.15) is 11.1 Å². The molecule has 0 amide bonds. The summed E-state index contributed by atoms with van der Waals surface area (Å²) in [5.41, 5.74) is 8.65. The Labute approximate surface area is 110 Å². The molecule has 2 aromatic carbocycles. The summed E-state index contributed by atoms with van der Waals surface area (Å²) in [5, 5.41) is 0. The van der Waals surface area contributed by atoms with Gasteiger partial charge in [-0.2, -0.15) is 0 Å². The van der Waals surface area contributed by atoms with Crippen LogP contribution in [-0.2, 0) is 13.0 Å². The maximum Gasteiger partial charge on any atom is 0.130 e. The number of nitrogens with zero attached hydrogens (tertiary/aromatic N) is 1. The van der Waals surface area contributed by atoms with Crippen LogP contribution in [0.25, 0.3) is 0 Å². The Morgan fingerprint density at radius 1 is 1.16 bits per heavy atom. The van der Waals surface area contributed by atoms with Crippen LogP contribution < -0.4 is 10.6 Å². The van der Waals surface area contributed by atoms with Gasteiger partial charge in [0, 0.05) is 30.0 Å². The van der Waals surface area contributed by atoms with Crippen molar-refractivity contribution < 1.29 is 8.78 Å². The number of halogens is 2. The molecule has 0 saturated carbocycles. The number of fused-ring (bicyclic) bond motifs is 1. The molecule has 3 rings (SSSR count). The highest BCUT2D eigenvalue weighted by molar-refractivity contribution is 5.60. The van der Waals surface area contributed by atoms with Gasteiger partial charge in [-0.05, 0) is 36.2 Å². The molecule has 2 aromatic rings. The van der Waals surface area contributed by atoms with Crippen LogP contribution in [0.15, 0.2) is 36.4 Å². The minimum atomic E-state index is -0.315. The molecule has 1 aliphatic heterocycles. The van der Waals surface area contributed by atoms with Crippen molar-refractivity contribution in [3.63, 3.8) is 0 Å². The predicted octanol–water partition coefficient (Wildman–Crippen LogP) is 3.11. The van der Waals surface area contributed by atoms with E-state index < -0.39 is 0 Å². The van der Waals surface area contributed by atoms with Gasteiger partial charge in [0.2, 0.25) is 0 Å². The van der Waals surface area contributed by atoms with Gasteiger partial charge in [-0.25, -0.2) is 8.78 Å². The largest absolute Gasteiger partial charge is 0.398 e. The van der Waals surface area contributed by atoms with E-state index in [-0.39, 0.29) is 11.6 Å². The molecule has 0 unspecified atom stereocenters. The normalized spacial score (nSPS) is 13.7. The van der Waals surface area contributed by atoms with Crippen LogP contribution >= 0.6 is 0 Å². The molecule has 0 atom stereocenters. The van der Waals surface area contributed by atoms with Gasteiger partial charge in [0.15, 0.2) is 0 Å². The van der Waals surface area contributed by atoms with Gasteiger partial charge in [0.25, 0.3) is 0 Å². The molecule has 98 valence electrons. The summed E-state index contributed by atoms with van der Waals surface area (Å²) in [6, 6.07) is 9.41. The summed E-state index contributed by atoms with van der Waals surface area (Å²) in [7, 11) is 0. The lowest BCUT2D eigenvalue weighted by Gasteiger charge is -2.20. The zero-order valence-electron chi connectivity index (χ0n) is 10.4. The number of benzene rings is 2. The van der Waals surface area contributed by atoms with Crippen molar-refractivity contribution in [3.8, 4) is 0 Å². The Morgan fingerprint density at radius 2 is 2.00 bits per heavy atom. The van der Waals surface area contributed by atoms with E-state index in [1.165, 1.54) is 18.2 Å². The lowest BCUT2D eigenvalue weighted by molar-refractivity contribution is 0.606. The minimum absolute atomic E-state index is 0.271. The summed E-state index contributed by atoms with van der Waals surface area (Å²) in [4.78, 5) is 1.97. The van der Waals surface area contributed by atoms with Crippen molar-refractivity contribution in [1.29, 1.82) is 0 Å². The Bertz CT molecular complexity index is 605. The molecule has 0 spiro atoms. The third kappa shape index (κ3) is 2.14. The summed E-state index contributed by atoms with van der Waals surface area (Å²) in [6.07, 6.45) is 0.851. The maximum absolute atomic E-state index is 13.8. The highest BCUT2D eigenvalue weighted by Crippen LogP contribution is 2.31. The van der Waals surface area contributed by atoms with Crippen molar-refractivity contribution in [1.82, 2.24) is 0 Å². The second-order valence-electron chi connectivity index (χ2n) is 4.75. The number of nitrogen functional groups attached to an aromatic ring is 1. The first-order chi connectivity index (χ1) is 9.15. The molecule has 1 heterocycles. The van der Waals surface area contributed by atoms with Crippen LogP contribution in [-0.4, -0.2) is 6.54 Å². The average Bonchev–Trinajstić information content (AvgIpc) is 2.76. The van der Waals surface area contributed by atoms with E-state index in [4.69, 9.17) is 5.73 Å². The Kier molecular flexibility index (Phi) is 2.85. The van der Waals surface area contributed by atoms with Crippen LogP contribution in [0.4, 0.5) is 20.2 Å². The van der Waals surface area contributed by atoms with Gasteiger partial charge >= 0.3 is 0 Å². The second kappa shape index (κ2) is 4.53. The second-order valence-corrected chi connectivity index (χ2v) is 4.75. The predicted molar refractivity (Wildman–Crippen MR) is 72.0 cm³/mol. The Morgan fingerprint density at radius 3 is 2.79 bits per heavy atom. The summed E-state index contributed by atoms with van der Waals surface area (Å²) in [6.45, 7) is 1.13. The molecule has 1 aliphatic rings. The van der Waals surface area contributed by atoms with Gasteiger partial charge in [0.1, 0.15) is 11.6 Å². The van der Waals surface area contributed by atoms with E-state index in [1.807, 2.05) is 4.90 Å². The molecule has 4 heteroatoms. The molecule has 0 bridgehead atoms. The van der Waals surface area contributed by atoms with Crippen LogP contribution in [0.2, 0.25) is 0 Å². The van der Waals surface area contributed by atoms with E-state index in [0.29, 0.717) is 17.8 Å². The van der Waals surface area contributed by atoms with Gasteiger partial charge in [0.05, 0.1) is 0 Å². The number of rotatable bonds is 2. The zero-order chi connectivity index (χ0) is 13.4. The fraction of sp³-hybridized carbons (Fsp3) is 0.200. The average molecular weight is 260 g/mol. The summed E-state index contributed by atoms with van der Waals surface area (Å²) >= 11 is 0. The molecule has 19 heavy (non-hydrogen) atoms. The van der Waals surface area contributed by atoms with Crippen LogP contribution in [0.5, 0.6) is 0 Å². The third-order valence-corrected chi connectivity index (χ3v) is 3.54. The molecule has 0 aliphatic carbocycles. The molecule has 2 nitrogen and oxygen atoms in total. The van der Waals surface area contributed by atoms with Gasteiger partial charge in [-0.1, -0.05) is 12.1 Å². The van der Waals surface area contributed by atoms with Gasteiger partial charge in [-0.3, -0.25) is 0 Å². The van der Waals surface area contributed by atoms with E-state index >= 15 is 0 Å². The van der Waals surface area contributed by atoms with Crippen molar-refractivity contribution in [2.45, 2.75) is 13.0 Å².